The summed E-state index contributed by atoms with van der Waals surface area (Å²) in [5, 5.41) is 12.5. The number of aliphatic hydroxyl groups excluding tert-OH is 1. The smallest absolute Gasteiger partial charge is 0.220 e. The third kappa shape index (κ3) is 3.57. The Morgan fingerprint density at radius 2 is 2.25 bits per heavy atom. The number of aromatic nitrogens is 1. The number of hydrogen-bond acceptors (Lipinski definition) is 4. The van der Waals surface area contributed by atoms with Crippen molar-refractivity contribution < 1.29 is 9.90 Å². The van der Waals surface area contributed by atoms with Crippen LogP contribution in [0.5, 0.6) is 0 Å². The molecular formula is C11H18N2O2S. The molecule has 16 heavy (non-hydrogen) atoms. The highest BCUT2D eigenvalue weighted by atomic mass is 32.1. The van der Waals surface area contributed by atoms with Gasteiger partial charge in [-0.2, -0.15) is 0 Å². The number of nitrogens with zero attached hydrogens (tertiary/aromatic N) is 1. The summed E-state index contributed by atoms with van der Waals surface area (Å²) in [5.41, 5.74) is 0.984. The summed E-state index contributed by atoms with van der Waals surface area (Å²) in [7, 11) is 0. The van der Waals surface area contributed by atoms with Gasteiger partial charge in [-0.15, -0.1) is 11.3 Å². The van der Waals surface area contributed by atoms with Crippen molar-refractivity contribution >= 4 is 17.2 Å². The van der Waals surface area contributed by atoms with Crippen LogP contribution in [0.3, 0.4) is 0 Å². The number of aliphatic hydroxyl groups is 1. The second-order valence-electron chi connectivity index (χ2n) is 3.80. The number of carbonyl (C=O) groups is 1. The molecule has 0 aromatic carbocycles. The Balaban J connectivity index is 2.55. The lowest BCUT2D eigenvalue weighted by atomic mass is 10.2. The molecule has 0 saturated carbocycles. The first-order chi connectivity index (χ1) is 7.54. The predicted octanol–water partition coefficient (Wildman–Crippen LogP) is 1.71. The van der Waals surface area contributed by atoms with E-state index in [9.17, 15) is 4.79 Å². The van der Waals surface area contributed by atoms with Crippen LogP contribution >= 0.6 is 11.3 Å². The van der Waals surface area contributed by atoms with Gasteiger partial charge in [0.25, 0.3) is 0 Å². The van der Waals surface area contributed by atoms with E-state index in [1.165, 1.54) is 0 Å². The van der Waals surface area contributed by atoms with Gasteiger partial charge in [0.1, 0.15) is 0 Å². The van der Waals surface area contributed by atoms with Crippen LogP contribution in [0.15, 0.2) is 0 Å². The molecule has 90 valence electrons. The predicted molar refractivity (Wildman–Crippen MR) is 64.5 cm³/mol. The topological polar surface area (TPSA) is 62.2 Å². The molecule has 1 aromatic heterocycles. The summed E-state index contributed by atoms with van der Waals surface area (Å²) in [6, 6.07) is -0.00241. The maximum absolute atomic E-state index is 11.5. The van der Waals surface area contributed by atoms with Crippen molar-refractivity contribution in [2.45, 2.75) is 39.7 Å². The maximum atomic E-state index is 11.5. The number of amides is 1. The number of nitrogens with one attached hydrogen (secondary N) is 1. The minimum Gasteiger partial charge on any atom is -0.396 e. The Hall–Kier alpha value is -0.940. The third-order valence-electron chi connectivity index (χ3n) is 2.27. The molecule has 1 atom stereocenters. The molecule has 4 nitrogen and oxygen atoms in total. The minimum atomic E-state index is -0.0213. The van der Waals surface area contributed by atoms with Gasteiger partial charge in [-0.05, 0) is 27.2 Å². The van der Waals surface area contributed by atoms with E-state index < -0.39 is 0 Å². The van der Waals surface area contributed by atoms with Crippen molar-refractivity contribution in [2.75, 3.05) is 6.61 Å². The average Bonchev–Trinajstić information content (AvgIpc) is 2.54. The first-order valence-corrected chi connectivity index (χ1v) is 6.20. The quantitative estimate of drug-likeness (QED) is 0.826. The van der Waals surface area contributed by atoms with Crippen molar-refractivity contribution in [3.63, 3.8) is 0 Å². The van der Waals surface area contributed by atoms with Gasteiger partial charge in [-0.1, -0.05) is 0 Å². The molecule has 1 aromatic rings. The second kappa shape index (κ2) is 5.96. The molecule has 1 rings (SSSR count). The number of hydrogen-bond donors (Lipinski definition) is 2. The van der Waals surface area contributed by atoms with Crippen LogP contribution in [0.25, 0.3) is 0 Å². The number of rotatable bonds is 5. The van der Waals surface area contributed by atoms with Crippen LogP contribution in [0.2, 0.25) is 0 Å². The van der Waals surface area contributed by atoms with E-state index in [1.54, 1.807) is 11.3 Å². The van der Waals surface area contributed by atoms with E-state index in [-0.39, 0.29) is 18.6 Å². The summed E-state index contributed by atoms with van der Waals surface area (Å²) in [5.74, 6) is -0.0213. The van der Waals surface area contributed by atoms with Crippen LogP contribution in [0.4, 0.5) is 0 Å². The Labute approximate surface area is 99.7 Å². The molecule has 0 saturated heterocycles. The highest BCUT2D eigenvalue weighted by molar-refractivity contribution is 7.11. The van der Waals surface area contributed by atoms with Gasteiger partial charge in [0.15, 0.2) is 0 Å². The molecule has 0 radical (unpaired) electrons. The lowest BCUT2D eigenvalue weighted by molar-refractivity contribution is -0.122. The van der Waals surface area contributed by atoms with E-state index in [0.717, 1.165) is 15.6 Å². The zero-order valence-corrected chi connectivity index (χ0v) is 10.7. The molecule has 2 N–H and O–H groups in total. The van der Waals surface area contributed by atoms with Crippen molar-refractivity contribution in [1.29, 1.82) is 0 Å². The van der Waals surface area contributed by atoms with Crippen LogP contribution < -0.4 is 5.32 Å². The summed E-state index contributed by atoms with van der Waals surface area (Å²) in [6.45, 7) is 5.92. The average molecular weight is 242 g/mol. The largest absolute Gasteiger partial charge is 0.396 e. The van der Waals surface area contributed by atoms with E-state index in [2.05, 4.69) is 10.3 Å². The molecule has 0 aliphatic heterocycles. The molecule has 1 heterocycles. The Morgan fingerprint density at radius 1 is 1.56 bits per heavy atom. The highest BCUT2D eigenvalue weighted by Crippen LogP contribution is 2.24. The zero-order valence-electron chi connectivity index (χ0n) is 9.91. The van der Waals surface area contributed by atoms with Gasteiger partial charge in [-0.3, -0.25) is 4.79 Å². The van der Waals surface area contributed by atoms with Crippen LogP contribution in [-0.4, -0.2) is 22.6 Å². The van der Waals surface area contributed by atoms with Crippen molar-refractivity contribution in [2.24, 2.45) is 0 Å². The Kier molecular flexibility index (Phi) is 4.89. The standard InChI is InChI=1S/C11H18N2O2S/c1-7-11(16-9(3)12-7)8(2)13-10(15)5-4-6-14/h8,14H,4-6H2,1-3H3,(H,13,15). The highest BCUT2D eigenvalue weighted by Gasteiger charge is 2.14. The first kappa shape index (κ1) is 13.1. The molecule has 1 unspecified atom stereocenters. The molecule has 1 amide bonds. The molecule has 0 spiro atoms. The summed E-state index contributed by atoms with van der Waals surface area (Å²) >= 11 is 1.61. The summed E-state index contributed by atoms with van der Waals surface area (Å²) in [4.78, 5) is 16.9. The van der Waals surface area contributed by atoms with Crippen LogP contribution in [0, 0.1) is 13.8 Å². The maximum Gasteiger partial charge on any atom is 0.220 e. The SMILES string of the molecule is Cc1nc(C)c(C(C)NC(=O)CCCO)s1. The van der Waals surface area contributed by atoms with Crippen LogP contribution in [-0.2, 0) is 4.79 Å². The first-order valence-electron chi connectivity index (χ1n) is 5.38. The summed E-state index contributed by atoms with van der Waals surface area (Å²) in [6.07, 6.45) is 0.886. The van der Waals surface area contributed by atoms with Crippen molar-refractivity contribution in [3.05, 3.63) is 15.6 Å². The fourth-order valence-electron chi connectivity index (χ4n) is 1.57. The van der Waals surface area contributed by atoms with E-state index in [1.807, 2.05) is 20.8 Å². The number of aryl methyl sites for hydroxylation is 2. The fourth-order valence-corrected chi connectivity index (χ4v) is 2.50. The van der Waals surface area contributed by atoms with Crippen molar-refractivity contribution in [3.8, 4) is 0 Å². The van der Waals surface area contributed by atoms with E-state index >= 15 is 0 Å². The van der Waals surface area contributed by atoms with Gasteiger partial charge >= 0.3 is 0 Å². The molecule has 5 heteroatoms. The van der Waals surface area contributed by atoms with E-state index in [4.69, 9.17) is 5.11 Å². The zero-order chi connectivity index (χ0) is 12.1. The Morgan fingerprint density at radius 3 is 2.75 bits per heavy atom. The Bertz CT molecular complexity index is 363. The van der Waals surface area contributed by atoms with Gasteiger partial charge < -0.3 is 10.4 Å². The molecule has 0 fully saturated rings. The van der Waals surface area contributed by atoms with Gasteiger partial charge in [0.2, 0.25) is 5.91 Å². The normalized spacial score (nSPS) is 12.5. The summed E-state index contributed by atoms with van der Waals surface area (Å²) < 4.78 is 0. The molecular weight excluding hydrogens is 224 g/mol. The number of carbonyl (C=O) groups excluding carboxylic acids is 1. The molecule has 0 aliphatic rings. The van der Waals surface area contributed by atoms with Gasteiger partial charge in [0.05, 0.1) is 16.7 Å². The van der Waals surface area contributed by atoms with Gasteiger partial charge in [-0.25, -0.2) is 4.98 Å². The van der Waals surface area contributed by atoms with Gasteiger partial charge in [0, 0.05) is 17.9 Å². The van der Waals surface area contributed by atoms with Crippen LogP contribution in [0.1, 0.15) is 41.4 Å². The monoisotopic (exact) mass is 242 g/mol. The van der Waals surface area contributed by atoms with E-state index in [0.29, 0.717) is 12.8 Å². The molecule has 0 aliphatic carbocycles. The molecule has 0 bridgehead atoms. The lowest BCUT2D eigenvalue weighted by Gasteiger charge is -2.12. The third-order valence-corrected chi connectivity index (χ3v) is 3.53. The number of thiazole rings is 1. The fraction of sp³-hybridized carbons (Fsp3) is 0.636. The van der Waals surface area contributed by atoms with Crippen molar-refractivity contribution in [1.82, 2.24) is 10.3 Å². The second-order valence-corrected chi connectivity index (χ2v) is 5.03. The minimum absolute atomic E-state index is 0.00241. The lowest BCUT2D eigenvalue weighted by Crippen LogP contribution is -2.26.